The Hall–Kier alpha value is -3.88. The van der Waals surface area contributed by atoms with Crippen molar-refractivity contribution in [2.24, 2.45) is 7.05 Å². The van der Waals surface area contributed by atoms with E-state index >= 15 is 0 Å². The van der Waals surface area contributed by atoms with Crippen molar-refractivity contribution in [1.29, 1.82) is 0 Å². The molecule has 9 heteroatoms. The van der Waals surface area contributed by atoms with Crippen LogP contribution in [0.1, 0.15) is 46.9 Å². The van der Waals surface area contributed by atoms with Gasteiger partial charge in [0.2, 0.25) is 0 Å². The first-order valence-corrected chi connectivity index (χ1v) is 12.4. The Morgan fingerprint density at radius 2 is 1.86 bits per heavy atom. The fraction of sp³-hybridized carbons (Fsp3) is 0.321. The zero-order valence-electron chi connectivity index (χ0n) is 20.3. The molecule has 0 saturated carbocycles. The van der Waals surface area contributed by atoms with Crippen molar-refractivity contribution in [2.75, 3.05) is 6.67 Å². The van der Waals surface area contributed by atoms with E-state index in [1.807, 2.05) is 4.90 Å². The first-order valence-electron chi connectivity index (χ1n) is 12.4. The summed E-state index contributed by atoms with van der Waals surface area (Å²) in [5, 5.41) is 5.09. The quantitative estimate of drug-likeness (QED) is 0.394. The predicted molar refractivity (Wildman–Crippen MR) is 133 cm³/mol. The van der Waals surface area contributed by atoms with E-state index in [-0.39, 0.29) is 30.0 Å². The van der Waals surface area contributed by atoms with E-state index in [1.54, 1.807) is 40.7 Å². The van der Waals surface area contributed by atoms with E-state index in [4.69, 9.17) is 5.10 Å². The summed E-state index contributed by atoms with van der Waals surface area (Å²) in [5.41, 5.74) is 3.50. The number of aryl methyl sites for hydroxylation is 2. The molecule has 1 fully saturated rings. The van der Waals surface area contributed by atoms with Crippen LogP contribution in [0.2, 0.25) is 0 Å². The van der Waals surface area contributed by atoms with Gasteiger partial charge in [-0.2, -0.15) is 5.10 Å². The van der Waals surface area contributed by atoms with Crippen molar-refractivity contribution >= 4 is 16.8 Å². The van der Waals surface area contributed by atoms with Crippen molar-refractivity contribution in [3.05, 3.63) is 87.3 Å². The van der Waals surface area contributed by atoms with Crippen LogP contribution in [0.25, 0.3) is 22.2 Å². The number of amides is 1. The van der Waals surface area contributed by atoms with Gasteiger partial charge in [-0.05, 0) is 56.0 Å². The number of alkyl halides is 1. The molecule has 2 bridgehead atoms. The number of fused-ring (bicyclic) bond motifs is 5. The minimum Gasteiger partial charge on any atom is -0.345 e. The van der Waals surface area contributed by atoms with E-state index in [2.05, 4.69) is 0 Å². The fourth-order valence-electron chi connectivity index (χ4n) is 6.08. The highest BCUT2D eigenvalue weighted by Gasteiger charge is 2.43. The van der Waals surface area contributed by atoms with Gasteiger partial charge < -0.3 is 9.47 Å². The Kier molecular flexibility index (Phi) is 5.66. The summed E-state index contributed by atoms with van der Waals surface area (Å²) < 4.78 is 44.3. The number of carbonyl (C=O) groups excluding carboxylic acids is 1. The second-order valence-corrected chi connectivity index (χ2v) is 9.81. The van der Waals surface area contributed by atoms with E-state index in [0.29, 0.717) is 34.1 Å². The third-order valence-corrected chi connectivity index (χ3v) is 7.60. The highest BCUT2D eigenvalue weighted by atomic mass is 19.1. The van der Waals surface area contributed by atoms with Crippen LogP contribution in [0.4, 0.5) is 13.2 Å². The molecule has 0 spiro atoms. The number of carbonyl (C=O) groups is 1. The van der Waals surface area contributed by atoms with E-state index in [9.17, 15) is 22.8 Å². The SMILES string of the molecule is Cn1nc2c(c1-c1cc(F)cc(F)c1)C[C@@H]1CCC[C@H]2N1C(=O)c1ccc2c(c1)c(=O)ccn2CCF. The van der Waals surface area contributed by atoms with Crippen molar-refractivity contribution in [3.8, 4) is 11.3 Å². The van der Waals surface area contributed by atoms with Crippen LogP contribution in [0.15, 0.2) is 53.5 Å². The second-order valence-electron chi connectivity index (χ2n) is 9.81. The summed E-state index contributed by atoms with van der Waals surface area (Å²) in [5.74, 6) is -1.49. The van der Waals surface area contributed by atoms with Crippen molar-refractivity contribution < 1.29 is 18.0 Å². The van der Waals surface area contributed by atoms with Gasteiger partial charge in [0.15, 0.2) is 5.43 Å². The van der Waals surface area contributed by atoms with Gasteiger partial charge in [-0.25, -0.2) is 13.2 Å². The predicted octanol–water partition coefficient (Wildman–Crippen LogP) is 4.94. The maximum atomic E-state index is 14.0. The topological polar surface area (TPSA) is 60.1 Å². The average Bonchev–Trinajstić information content (AvgIpc) is 3.20. The van der Waals surface area contributed by atoms with Crippen molar-refractivity contribution in [1.82, 2.24) is 19.2 Å². The molecule has 1 saturated heterocycles. The summed E-state index contributed by atoms with van der Waals surface area (Å²) in [6, 6.07) is 9.44. The van der Waals surface area contributed by atoms with E-state index < -0.39 is 18.3 Å². The van der Waals surface area contributed by atoms with E-state index in [0.717, 1.165) is 36.6 Å². The highest BCUT2D eigenvalue weighted by Crippen LogP contribution is 2.45. The molecule has 37 heavy (non-hydrogen) atoms. The number of hydrogen-bond acceptors (Lipinski definition) is 3. The number of pyridine rings is 1. The lowest BCUT2D eigenvalue weighted by atomic mass is 9.81. The molecular weight excluding hydrogens is 481 g/mol. The van der Waals surface area contributed by atoms with Gasteiger partial charge >= 0.3 is 0 Å². The Morgan fingerprint density at radius 1 is 1.08 bits per heavy atom. The molecular formula is C28H25F3N4O2. The smallest absolute Gasteiger partial charge is 0.254 e. The summed E-state index contributed by atoms with van der Waals surface area (Å²) in [4.78, 5) is 28.3. The molecule has 0 radical (unpaired) electrons. The minimum atomic E-state index is -0.653. The van der Waals surface area contributed by atoms with Gasteiger partial charge in [0.1, 0.15) is 18.3 Å². The number of piperidine rings is 1. The maximum Gasteiger partial charge on any atom is 0.254 e. The minimum absolute atomic E-state index is 0.102. The van der Waals surface area contributed by atoms with Crippen LogP contribution >= 0.6 is 0 Å². The highest BCUT2D eigenvalue weighted by molar-refractivity contribution is 5.98. The number of halogens is 3. The first kappa shape index (κ1) is 23.5. The van der Waals surface area contributed by atoms with E-state index in [1.165, 1.54) is 18.2 Å². The summed E-state index contributed by atoms with van der Waals surface area (Å²) in [7, 11) is 1.75. The molecule has 6 nitrogen and oxygen atoms in total. The monoisotopic (exact) mass is 506 g/mol. The molecule has 2 aromatic carbocycles. The van der Waals surface area contributed by atoms with Gasteiger partial charge in [-0.3, -0.25) is 14.3 Å². The molecule has 1 amide bonds. The molecule has 4 aromatic rings. The third-order valence-electron chi connectivity index (χ3n) is 7.60. The van der Waals surface area contributed by atoms with Gasteiger partial charge in [-0.15, -0.1) is 0 Å². The number of aromatic nitrogens is 3. The largest absolute Gasteiger partial charge is 0.345 e. The lowest BCUT2D eigenvalue weighted by molar-refractivity contribution is 0.0392. The molecule has 0 N–H and O–H groups in total. The van der Waals surface area contributed by atoms with Crippen molar-refractivity contribution in [2.45, 2.75) is 44.3 Å². The molecule has 6 rings (SSSR count). The fourth-order valence-corrected chi connectivity index (χ4v) is 6.08. The number of hydrogen-bond donors (Lipinski definition) is 0. The van der Waals surface area contributed by atoms with Crippen LogP contribution in [-0.2, 0) is 20.0 Å². The van der Waals surface area contributed by atoms with Gasteiger partial charge in [0.25, 0.3) is 5.91 Å². The maximum absolute atomic E-state index is 14.0. The molecule has 2 aromatic heterocycles. The summed E-state index contributed by atoms with van der Waals surface area (Å²) >= 11 is 0. The lowest BCUT2D eigenvalue weighted by Gasteiger charge is -2.45. The van der Waals surface area contributed by atoms with Gasteiger partial charge in [-0.1, -0.05) is 0 Å². The normalized spacial score (nSPS) is 18.8. The molecule has 2 aliphatic heterocycles. The van der Waals surface area contributed by atoms with Gasteiger partial charge in [0, 0.05) is 53.5 Å². The van der Waals surface area contributed by atoms with Crippen LogP contribution in [0.5, 0.6) is 0 Å². The van der Waals surface area contributed by atoms with Crippen LogP contribution < -0.4 is 5.43 Å². The van der Waals surface area contributed by atoms with Crippen molar-refractivity contribution in [3.63, 3.8) is 0 Å². The number of benzene rings is 2. The first-order chi connectivity index (χ1) is 17.9. The Morgan fingerprint density at radius 3 is 2.62 bits per heavy atom. The molecule has 2 aliphatic rings. The summed E-state index contributed by atoms with van der Waals surface area (Å²) in [6.07, 6.45) is 4.54. The van der Waals surface area contributed by atoms with Crippen LogP contribution in [0.3, 0.4) is 0 Å². The number of nitrogens with zero attached hydrogens (tertiary/aromatic N) is 4. The molecule has 2 atom stereocenters. The average molecular weight is 507 g/mol. The summed E-state index contributed by atoms with van der Waals surface area (Å²) in [6.45, 7) is -0.438. The lowest BCUT2D eigenvalue weighted by Crippen LogP contribution is -2.49. The van der Waals surface area contributed by atoms with Crippen LogP contribution in [-0.4, -0.2) is 37.9 Å². The van der Waals surface area contributed by atoms with Gasteiger partial charge in [0.05, 0.1) is 29.5 Å². The Bertz CT molecular complexity index is 1590. The molecule has 4 heterocycles. The third kappa shape index (κ3) is 3.84. The Labute approximate surface area is 210 Å². The Balaban J connectivity index is 1.41. The standard InChI is InChI=1S/C28H25F3N4O2/c1-33-27(17-11-18(30)14-19(31)12-17)22-15-20-3-2-4-24(26(22)32-33)35(20)28(37)16-5-6-23-21(13-16)25(36)7-9-34(23)10-8-29/h5-7,9,11-14,20,24H,2-4,8,10,15H2,1H3/t20-,24+/m0/s1. The molecule has 0 aliphatic carbocycles. The van der Waals surface area contributed by atoms with Crippen LogP contribution in [0, 0.1) is 11.6 Å². The molecule has 0 unspecified atom stereocenters. The zero-order chi connectivity index (χ0) is 25.8. The molecule has 190 valence electrons. The zero-order valence-corrected chi connectivity index (χ0v) is 20.3. The number of rotatable bonds is 4. The second kappa shape index (κ2) is 8.90.